The largest absolute Gasteiger partial charge is 0.465 e. The molecule has 15 heavy (non-hydrogen) atoms. The minimum absolute atomic E-state index is 0.335. The van der Waals surface area contributed by atoms with Gasteiger partial charge in [-0.25, -0.2) is 0 Å². The molecule has 0 unspecified atom stereocenters. The lowest BCUT2D eigenvalue weighted by Crippen LogP contribution is -2.33. The lowest BCUT2D eigenvalue weighted by Gasteiger charge is -2.29. The molecule has 1 rings (SSSR count). The van der Waals surface area contributed by atoms with Gasteiger partial charge in [-0.05, 0) is 30.4 Å². The van der Waals surface area contributed by atoms with E-state index in [2.05, 4.69) is 33.0 Å². The van der Waals surface area contributed by atoms with E-state index in [0.29, 0.717) is 11.3 Å². The Hall–Kier alpha value is -0.760. The van der Waals surface area contributed by atoms with E-state index < -0.39 is 0 Å². The van der Waals surface area contributed by atoms with E-state index in [-0.39, 0.29) is 0 Å². The molecule has 0 saturated heterocycles. The molecule has 1 aromatic rings. The molecule has 1 N–H and O–H groups in total. The van der Waals surface area contributed by atoms with Crippen molar-refractivity contribution in [2.24, 2.45) is 11.3 Å². The van der Waals surface area contributed by atoms with Gasteiger partial charge in [-0.15, -0.1) is 0 Å². The summed E-state index contributed by atoms with van der Waals surface area (Å²) in [5.41, 5.74) is 0.335. The van der Waals surface area contributed by atoms with Gasteiger partial charge in [-0.3, -0.25) is 0 Å². The zero-order valence-electron chi connectivity index (χ0n) is 10.6. The average Bonchev–Trinajstić information content (AvgIpc) is 2.51. The predicted molar refractivity (Wildman–Crippen MR) is 63.8 cm³/mol. The van der Waals surface area contributed by atoms with Gasteiger partial charge < -0.3 is 9.73 Å². The molecule has 2 heteroatoms. The van der Waals surface area contributed by atoms with E-state index in [0.717, 1.165) is 24.6 Å². The molecule has 0 radical (unpaired) electrons. The Bertz CT molecular complexity index is 299. The standard InChI is InChI=1S/C13H23NO/c1-10(2)13(4,5)9-14-8-12-7-6-11(3)15-12/h6-7,10,14H,8-9H2,1-5H3. The fourth-order valence-electron chi connectivity index (χ4n) is 1.29. The monoisotopic (exact) mass is 209 g/mol. The minimum Gasteiger partial charge on any atom is -0.465 e. The lowest BCUT2D eigenvalue weighted by molar-refractivity contribution is 0.235. The van der Waals surface area contributed by atoms with E-state index in [1.807, 2.05) is 19.1 Å². The molecule has 2 nitrogen and oxygen atoms in total. The first-order chi connectivity index (χ1) is 6.92. The van der Waals surface area contributed by atoms with Gasteiger partial charge in [-0.2, -0.15) is 0 Å². The first-order valence-corrected chi connectivity index (χ1v) is 5.68. The third-order valence-electron chi connectivity index (χ3n) is 3.24. The molecule has 0 amide bonds. The summed E-state index contributed by atoms with van der Waals surface area (Å²) in [7, 11) is 0. The number of aryl methyl sites for hydroxylation is 1. The van der Waals surface area contributed by atoms with Gasteiger partial charge in [-0.1, -0.05) is 27.7 Å². The molecule has 0 saturated carbocycles. The van der Waals surface area contributed by atoms with Gasteiger partial charge in [0.15, 0.2) is 0 Å². The van der Waals surface area contributed by atoms with Crippen molar-refractivity contribution in [3.8, 4) is 0 Å². The molecule has 0 atom stereocenters. The second kappa shape index (κ2) is 4.84. The van der Waals surface area contributed by atoms with Gasteiger partial charge in [0.1, 0.15) is 11.5 Å². The molecular formula is C13H23NO. The summed E-state index contributed by atoms with van der Waals surface area (Å²) in [6, 6.07) is 4.04. The maximum absolute atomic E-state index is 5.50. The Balaban J connectivity index is 2.33. The fourth-order valence-corrected chi connectivity index (χ4v) is 1.29. The molecular weight excluding hydrogens is 186 g/mol. The minimum atomic E-state index is 0.335. The highest BCUT2D eigenvalue weighted by Gasteiger charge is 2.21. The van der Waals surface area contributed by atoms with Crippen LogP contribution in [0.5, 0.6) is 0 Å². The third kappa shape index (κ3) is 3.71. The molecule has 0 fully saturated rings. The average molecular weight is 209 g/mol. The van der Waals surface area contributed by atoms with Crippen LogP contribution in [0, 0.1) is 18.3 Å². The molecule has 0 aliphatic rings. The SMILES string of the molecule is Cc1ccc(CNCC(C)(C)C(C)C)o1. The second-order valence-electron chi connectivity index (χ2n) is 5.26. The van der Waals surface area contributed by atoms with Crippen LogP contribution in [-0.4, -0.2) is 6.54 Å². The van der Waals surface area contributed by atoms with Crippen molar-refractivity contribution < 1.29 is 4.42 Å². The first-order valence-electron chi connectivity index (χ1n) is 5.68. The molecule has 0 aromatic carbocycles. The van der Waals surface area contributed by atoms with Crippen LogP contribution in [0.1, 0.15) is 39.2 Å². The summed E-state index contributed by atoms with van der Waals surface area (Å²) in [5, 5.41) is 3.44. The smallest absolute Gasteiger partial charge is 0.117 e. The summed E-state index contributed by atoms with van der Waals surface area (Å²) < 4.78 is 5.50. The normalized spacial score (nSPS) is 12.4. The van der Waals surface area contributed by atoms with Crippen LogP contribution in [0.2, 0.25) is 0 Å². The number of hydrogen-bond donors (Lipinski definition) is 1. The van der Waals surface area contributed by atoms with Crippen molar-refractivity contribution in [1.29, 1.82) is 0 Å². The molecule has 0 bridgehead atoms. The summed E-state index contributed by atoms with van der Waals surface area (Å²) in [6.45, 7) is 12.9. The maximum atomic E-state index is 5.50. The topological polar surface area (TPSA) is 25.2 Å². The van der Waals surface area contributed by atoms with E-state index in [1.165, 1.54) is 0 Å². The van der Waals surface area contributed by atoms with Gasteiger partial charge in [0.2, 0.25) is 0 Å². The van der Waals surface area contributed by atoms with E-state index >= 15 is 0 Å². The van der Waals surface area contributed by atoms with Crippen LogP contribution in [0.4, 0.5) is 0 Å². The highest BCUT2D eigenvalue weighted by atomic mass is 16.3. The van der Waals surface area contributed by atoms with Crippen LogP contribution in [-0.2, 0) is 6.54 Å². The fraction of sp³-hybridized carbons (Fsp3) is 0.692. The highest BCUT2D eigenvalue weighted by Crippen LogP contribution is 2.24. The summed E-state index contributed by atoms with van der Waals surface area (Å²) in [4.78, 5) is 0. The molecule has 0 aliphatic heterocycles. The molecule has 86 valence electrons. The Morgan fingerprint density at radius 3 is 2.47 bits per heavy atom. The van der Waals surface area contributed by atoms with E-state index in [1.54, 1.807) is 0 Å². The van der Waals surface area contributed by atoms with E-state index in [9.17, 15) is 0 Å². The van der Waals surface area contributed by atoms with Crippen molar-refractivity contribution in [1.82, 2.24) is 5.32 Å². The van der Waals surface area contributed by atoms with Crippen LogP contribution in [0.3, 0.4) is 0 Å². The predicted octanol–water partition coefficient (Wildman–Crippen LogP) is 3.36. The third-order valence-corrected chi connectivity index (χ3v) is 3.24. The number of rotatable bonds is 5. The molecule has 0 aliphatic carbocycles. The second-order valence-corrected chi connectivity index (χ2v) is 5.26. The summed E-state index contributed by atoms with van der Waals surface area (Å²) in [6.07, 6.45) is 0. The number of nitrogens with one attached hydrogen (secondary N) is 1. The van der Waals surface area contributed by atoms with Crippen molar-refractivity contribution in [2.45, 2.75) is 41.2 Å². The molecule has 0 spiro atoms. The van der Waals surface area contributed by atoms with Crippen LogP contribution in [0.25, 0.3) is 0 Å². The molecule has 1 heterocycles. The van der Waals surface area contributed by atoms with Crippen molar-refractivity contribution in [3.63, 3.8) is 0 Å². The van der Waals surface area contributed by atoms with Gasteiger partial charge in [0.25, 0.3) is 0 Å². The van der Waals surface area contributed by atoms with Crippen molar-refractivity contribution in [2.75, 3.05) is 6.54 Å². The zero-order valence-corrected chi connectivity index (χ0v) is 10.6. The first kappa shape index (κ1) is 12.3. The number of furan rings is 1. The van der Waals surface area contributed by atoms with Crippen molar-refractivity contribution in [3.05, 3.63) is 23.7 Å². The Kier molecular flexibility index (Phi) is 3.97. The molecule has 1 aromatic heterocycles. The highest BCUT2D eigenvalue weighted by molar-refractivity contribution is 5.05. The van der Waals surface area contributed by atoms with Crippen LogP contribution in [0.15, 0.2) is 16.5 Å². The Morgan fingerprint density at radius 2 is 2.00 bits per heavy atom. The van der Waals surface area contributed by atoms with Crippen LogP contribution >= 0.6 is 0 Å². The van der Waals surface area contributed by atoms with E-state index in [4.69, 9.17) is 4.42 Å². The van der Waals surface area contributed by atoms with Gasteiger partial charge in [0.05, 0.1) is 6.54 Å². The van der Waals surface area contributed by atoms with Gasteiger partial charge in [0, 0.05) is 6.54 Å². The van der Waals surface area contributed by atoms with Gasteiger partial charge >= 0.3 is 0 Å². The summed E-state index contributed by atoms with van der Waals surface area (Å²) >= 11 is 0. The lowest BCUT2D eigenvalue weighted by atomic mass is 9.81. The Morgan fingerprint density at radius 1 is 1.33 bits per heavy atom. The maximum Gasteiger partial charge on any atom is 0.117 e. The summed E-state index contributed by atoms with van der Waals surface area (Å²) in [5.74, 6) is 2.69. The zero-order chi connectivity index (χ0) is 11.5. The van der Waals surface area contributed by atoms with Crippen molar-refractivity contribution >= 4 is 0 Å². The quantitative estimate of drug-likeness (QED) is 0.804. The van der Waals surface area contributed by atoms with Crippen LogP contribution < -0.4 is 5.32 Å². The number of hydrogen-bond acceptors (Lipinski definition) is 2. The Labute approximate surface area is 93.1 Å².